The number of likely N-dealkylation sites (N-methyl/N-ethyl adjacent to an activating group) is 1. The summed E-state index contributed by atoms with van der Waals surface area (Å²) in [4.78, 5) is 79.2. The van der Waals surface area contributed by atoms with Crippen molar-refractivity contribution in [3.63, 3.8) is 0 Å². The minimum atomic E-state index is -1.30. The Kier molecular flexibility index (Phi) is 18.0. The third-order valence-electron chi connectivity index (χ3n) is 11.7. The van der Waals surface area contributed by atoms with E-state index in [0.717, 1.165) is 61.8 Å². The first-order chi connectivity index (χ1) is 30.8. The maximum atomic E-state index is 13.8. The molecule has 4 aromatic carbocycles. The molecule has 1 saturated carbocycles. The number of amides is 5. The van der Waals surface area contributed by atoms with Crippen LogP contribution >= 0.6 is 0 Å². The number of fused-ring (bicyclic) bond motifs is 5. The number of aromatic hydroxyl groups is 1. The van der Waals surface area contributed by atoms with Crippen LogP contribution in [0, 0.1) is 0 Å². The van der Waals surface area contributed by atoms with Gasteiger partial charge in [0.05, 0.1) is 13.1 Å². The number of aliphatic carboxylic acids is 1. The van der Waals surface area contributed by atoms with E-state index in [1.165, 1.54) is 36.4 Å². The van der Waals surface area contributed by atoms with Gasteiger partial charge in [-0.05, 0) is 114 Å². The first kappa shape index (κ1) is 48.5. The molecule has 340 valence electrons. The van der Waals surface area contributed by atoms with Gasteiger partial charge in [0.25, 0.3) is 5.91 Å². The highest BCUT2D eigenvalue weighted by molar-refractivity contribution is 5.97. The summed E-state index contributed by atoms with van der Waals surface area (Å²) >= 11 is 0. The third-order valence-corrected chi connectivity index (χ3v) is 11.7. The second kappa shape index (κ2) is 23.8. The van der Waals surface area contributed by atoms with E-state index in [0.29, 0.717) is 27.8 Å². The predicted molar refractivity (Wildman–Crippen MR) is 246 cm³/mol. The monoisotopic (exact) mass is 874 g/mol. The molecule has 0 saturated heterocycles. The number of hydrogen-bond acceptors (Lipinski definition) is 8. The highest BCUT2D eigenvalue weighted by atomic mass is 16.4. The van der Waals surface area contributed by atoms with Gasteiger partial charge in [-0.25, -0.2) is 4.79 Å². The standard InChI is InChI=1S/C46H51N5O8.C4H11N/c1-3-4-6-28-9-12-30(13-10-28)31-14-16-33(17-15-31)44(56)48-26-40(53)47-22-21-42(55)51(2)43-34-18-19-35(32-7-5-8-32)36(25-34)37-23-29(11-20-39(37)52)24-38(46(58)59)50-41(54)27-49-45(43)57;1-2-3-4-5/h9-20,23,25,32,38,43,52H,3-8,21-22,24,26-27H2,1-2H3,(H,47,53)(H,48,56)(H,49,57)(H,50,54)(H,58,59);2-5H2,1H3/t38-,43?;/m0./s1. The zero-order valence-corrected chi connectivity index (χ0v) is 37.1. The molecule has 0 aromatic heterocycles. The number of carbonyl (C=O) groups is 6. The lowest BCUT2D eigenvalue weighted by atomic mass is 9.76. The molecule has 0 spiro atoms. The number of phenolic OH excluding ortho intramolecular Hbond substituents is 1. The van der Waals surface area contributed by atoms with Crippen LogP contribution in [0.15, 0.2) is 84.9 Å². The van der Waals surface area contributed by atoms with E-state index in [1.807, 2.05) is 18.2 Å². The molecule has 1 aliphatic heterocycles. The fourth-order valence-corrected chi connectivity index (χ4v) is 7.69. The van der Waals surface area contributed by atoms with E-state index < -0.39 is 54.1 Å². The van der Waals surface area contributed by atoms with Crippen molar-refractivity contribution in [2.45, 2.75) is 96.1 Å². The smallest absolute Gasteiger partial charge is 0.326 e. The van der Waals surface area contributed by atoms with Gasteiger partial charge in [-0.1, -0.05) is 87.7 Å². The van der Waals surface area contributed by atoms with Gasteiger partial charge in [0.15, 0.2) is 0 Å². The minimum absolute atomic E-state index is 0.0381. The molecule has 8 N–H and O–H groups in total. The highest BCUT2D eigenvalue weighted by Crippen LogP contribution is 2.44. The van der Waals surface area contributed by atoms with Crippen LogP contribution in [0.5, 0.6) is 5.75 Å². The Hall–Kier alpha value is -6.54. The molecular weight excluding hydrogens is 813 g/mol. The summed E-state index contributed by atoms with van der Waals surface area (Å²) < 4.78 is 0. The number of unbranched alkanes of at least 4 members (excludes halogenated alkanes) is 2. The lowest BCUT2D eigenvalue weighted by Crippen LogP contribution is -2.49. The number of benzene rings is 4. The molecule has 1 heterocycles. The van der Waals surface area contributed by atoms with Crippen molar-refractivity contribution >= 4 is 35.5 Å². The number of phenols is 1. The Labute approximate surface area is 375 Å². The number of nitrogens with zero attached hydrogens (tertiary/aromatic N) is 1. The molecule has 4 bridgehead atoms. The van der Waals surface area contributed by atoms with E-state index >= 15 is 0 Å². The Bertz CT molecular complexity index is 2260. The van der Waals surface area contributed by atoms with Gasteiger partial charge in [-0.15, -0.1) is 0 Å². The maximum Gasteiger partial charge on any atom is 0.326 e. The number of aryl methyl sites for hydroxylation is 1. The van der Waals surface area contributed by atoms with E-state index in [1.54, 1.807) is 36.4 Å². The van der Waals surface area contributed by atoms with Crippen LogP contribution < -0.4 is 27.0 Å². The molecule has 6 rings (SSSR count). The molecule has 1 aliphatic carbocycles. The second-order valence-corrected chi connectivity index (χ2v) is 16.4. The van der Waals surface area contributed by atoms with Crippen LogP contribution in [0.1, 0.15) is 110 Å². The summed E-state index contributed by atoms with van der Waals surface area (Å²) in [7, 11) is 1.45. The summed E-state index contributed by atoms with van der Waals surface area (Å²) in [5, 5.41) is 31.2. The van der Waals surface area contributed by atoms with E-state index in [2.05, 4.69) is 59.4 Å². The zero-order chi connectivity index (χ0) is 46.2. The van der Waals surface area contributed by atoms with Gasteiger partial charge >= 0.3 is 5.97 Å². The van der Waals surface area contributed by atoms with Crippen molar-refractivity contribution in [2.75, 3.05) is 33.2 Å². The number of nitrogens with one attached hydrogen (secondary N) is 4. The van der Waals surface area contributed by atoms with Gasteiger partial charge < -0.3 is 42.1 Å². The Morgan fingerprint density at radius 3 is 2.14 bits per heavy atom. The molecule has 14 heteroatoms. The quantitative estimate of drug-likeness (QED) is 0.0771. The molecule has 2 aliphatic rings. The van der Waals surface area contributed by atoms with Crippen molar-refractivity contribution in [2.24, 2.45) is 5.73 Å². The summed E-state index contributed by atoms with van der Waals surface area (Å²) in [6.07, 6.45) is 8.41. The summed E-state index contributed by atoms with van der Waals surface area (Å²) in [6.45, 7) is 4.21. The fourth-order valence-electron chi connectivity index (χ4n) is 7.69. The molecular formula is C50H62N6O8. The van der Waals surface area contributed by atoms with E-state index in [-0.39, 0.29) is 37.6 Å². The van der Waals surface area contributed by atoms with Gasteiger partial charge in [-0.3, -0.25) is 24.0 Å². The minimum Gasteiger partial charge on any atom is -0.507 e. The maximum absolute atomic E-state index is 13.8. The molecule has 4 aromatic rings. The molecule has 64 heavy (non-hydrogen) atoms. The molecule has 2 atom stereocenters. The molecule has 5 amide bonds. The van der Waals surface area contributed by atoms with E-state index in [9.17, 15) is 39.0 Å². The van der Waals surface area contributed by atoms with Gasteiger partial charge in [-0.2, -0.15) is 0 Å². The summed E-state index contributed by atoms with van der Waals surface area (Å²) in [6, 6.07) is 23.2. The zero-order valence-electron chi connectivity index (χ0n) is 37.1. The van der Waals surface area contributed by atoms with Gasteiger partial charge in [0, 0.05) is 37.6 Å². The fraction of sp³-hybridized carbons (Fsp3) is 0.400. The first-order valence-corrected chi connectivity index (χ1v) is 22.3. The molecule has 1 unspecified atom stereocenters. The molecule has 0 radical (unpaired) electrons. The predicted octanol–water partition coefficient (Wildman–Crippen LogP) is 5.76. The third kappa shape index (κ3) is 13.2. The average molecular weight is 875 g/mol. The average Bonchev–Trinajstić information content (AvgIpc) is 3.27. The Balaban J connectivity index is 0.00000146. The number of rotatable bonds is 15. The van der Waals surface area contributed by atoms with Crippen molar-refractivity contribution in [3.05, 3.63) is 113 Å². The highest BCUT2D eigenvalue weighted by Gasteiger charge is 2.32. The second-order valence-electron chi connectivity index (χ2n) is 16.4. The summed E-state index contributed by atoms with van der Waals surface area (Å²) in [5.74, 6) is -3.91. The molecule has 1 fully saturated rings. The first-order valence-electron chi connectivity index (χ1n) is 22.3. The van der Waals surface area contributed by atoms with Crippen LogP contribution in [0.3, 0.4) is 0 Å². The van der Waals surface area contributed by atoms with Gasteiger partial charge in [0.1, 0.15) is 17.8 Å². The largest absolute Gasteiger partial charge is 0.507 e. The van der Waals surface area contributed by atoms with Crippen molar-refractivity contribution in [1.29, 1.82) is 0 Å². The van der Waals surface area contributed by atoms with Gasteiger partial charge in [0.2, 0.25) is 23.6 Å². The van der Waals surface area contributed by atoms with Crippen LogP contribution in [0.4, 0.5) is 0 Å². The van der Waals surface area contributed by atoms with E-state index in [4.69, 9.17) is 5.73 Å². The topological polar surface area (TPSA) is 220 Å². The van der Waals surface area contributed by atoms with Crippen LogP contribution in [-0.4, -0.2) is 89.9 Å². The Morgan fingerprint density at radius 2 is 1.53 bits per heavy atom. The van der Waals surface area contributed by atoms with Crippen LogP contribution in [0.2, 0.25) is 0 Å². The normalized spacial score (nSPS) is 16.1. The Morgan fingerprint density at radius 1 is 0.844 bits per heavy atom. The number of carboxylic acid groups (broad SMARTS) is 1. The number of hydrogen-bond donors (Lipinski definition) is 7. The lowest BCUT2D eigenvalue weighted by molar-refractivity contribution is -0.142. The van der Waals surface area contributed by atoms with Crippen molar-refractivity contribution in [3.8, 4) is 28.0 Å². The number of nitrogens with two attached hydrogens (primary N) is 1. The number of carbonyl (C=O) groups excluding carboxylic acids is 5. The van der Waals surface area contributed by atoms with Crippen LogP contribution in [0.25, 0.3) is 22.3 Å². The number of carboxylic acids is 1. The van der Waals surface area contributed by atoms with Crippen molar-refractivity contribution < 1.29 is 39.0 Å². The SMILES string of the molecule is CCCCN.CCCCc1ccc(-c2ccc(C(=O)NCC(=O)NCCC(=O)N(C)C3C(=O)NCC(=O)N[C@H](C(=O)O)Cc4ccc(O)c(c4)-c4cc3ccc4C3CCC3)cc2)cc1. The molecule has 14 nitrogen and oxygen atoms in total. The van der Waals surface area contributed by atoms with Crippen molar-refractivity contribution in [1.82, 2.24) is 26.2 Å². The van der Waals surface area contributed by atoms with Crippen LogP contribution in [-0.2, 0) is 36.8 Å². The summed E-state index contributed by atoms with van der Waals surface area (Å²) in [5.41, 5.74) is 11.9. The lowest BCUT2D eigenvalue weighted by Gasteiger charge is -2.31.